The van der Waals surface area contributed by atoms with Crippen LogP contribution in [-0.2, 0) is 0 Å². The molecule has 0 spiro atoms. The molecule has 0 saturated heterocycles. The van der Waals surface area contributed by atoms with Crippen molar-refractivity contribution in [2.45, 2.75) is 0 Å². The number of hydrogen-bond acceptors (Lipinski definition) is 1. The maximum Gasteiger partial charge on any atom is 0.131 e. The Kier molecular flexibility index (Phi) is 5.77. The van der Waals surface area contributed by atoms with Gasteiger partial charge in [0.1, 0.15) is 5.65 Å². The fraction of sp³-hybridized carbons (Fsp3) is 0. The number of benzene rings is 9. The van der Waals surface area contributed by atoms with Crippen LogP contribution in [-0.4, -0.2) is 8.80 Å². The molecule has 0 amide bonds. The van der Waals surface area contributed by atoms with Crippen LogP contribution in [0.1, 0.15) is 0 Å². The van der Waals surface area contributed by atoms with Crippen molar-refractivity contribution >= 4 is 93.3 Å². The van der Waals surface area contributed by atoms with Gasteiger partial charge in [0.25, 0.3) is 0 Å². The summed E-state index contributed by atoms with van der Waals surface area (Å²) >= 11 is 0. The van der Waals surface area contributed by atoms with Crippen LogP contribution in [0, 0.1) is 0 Å². The highest BCUT2D eigenvalue weighted by atomic mass is 15.2. The molecule has 0 radical (unpaired) electrons. The average molecular weight is 674 g/mol. The Balaban J connectivity index is 1.13. The van der Waals surface area contributed by atoms with E-state index in [1.807, 2.05) is 0 Å². The fourth-order valence-electron chi connectivity index (χ4n) is 9.03. The van der Waals surface area contributed by atoms with Crippen LogP contribution in [0.25, 0.3) is 87.3 Å². The molecule has 0 aliphatic carbocycles. The second kappa shape index (κ2) is 10.7. The zero-order chi connectivity index (χ0) is 34.6. The predicted octanol–water partition coefficient (Wildman–Crippen LogP) is 13.7. The summed E-state index contributed by atoms with van der Waals surface area (Å²) in [7, 11) is 0. The molecule has 0 bridgehead atoms. The fourth-order valence-corrected chi connectivity index (χ4v) is 9.03. The lowest BCUT2D eigenvalue weighted by molar-refractivity contribution is 1.27. The van der Waals surface area contributed by atoms with Gasteiger partial charge in [-0.2, -0.15) is 0 Å². The van der Waals surface area contributed by atoms with Gasteiger partial charge in [-0.1, -0.05) is 140 Å². The lowest BCUT2D eigenvalue weighted by atomic mass is 9.98. The largest absolute Gasteiger partial charge is 0.310 e. The van der Waals surface area contributed by atoms with Gasteiger partial charge in [-0.3, -0.25) is 8.80 Å². The normalized spacial score (nSPS) is 12.2. The molecule has 3 nitrogen and oxygen atoms in total. The zero-order valence-corrected chi connectivity index (χ0v) is 28.7. The molecule has 0 atom stereocenters. The third kappa shape index (κ3) is 3.99. The van der Waals surface area contributed by atoms with Crippen molar-refractivity contribution in [2.75, 3.05) is 4.90 Å². The first-order valence-electron chi connectivity index (χ1n) is 18.3. The number of fused-ring (bicyclic) bond motifs is 12. The van der Waals surface area contributed by atoms with Crippen LogP contribution in [0.4, 0.5) is 17.1 Å². The summed E-state index contributed by atoms with van der Waals surface area (Å²) in [6.45, 7) is 0. The molecule has 12 rings (SSSR count). The van der Waals surface area contributed by atoms with Crippen molar-refractivity contribution in [1.82, 2.24) is 8.80 Å². The maximum atomic E-state index is 2.50. The van der Waals surface area contributed by atoms with E-state index in [4.69, 9.17) is 0 Å². The Bertz CT molecular complexity index is 3390. The van der Waals surface area contributed by atoms with E-state index in [1.54, 1.807) is 0 Å². The van der Waals surface area contributed by atoms with Crippen LogP contribution in [0.15, 0.2) is 188 Å². The molecule has 53 heavy (non-hydrogen) atoms. The molecule has 246 valence electrons. The molecule has 0 fully saturated rings. The summed E-state index contributed by atoms with van der Waals surface area (Å²) in [5, 5.41) is 11.3. The van der Waals surface area contributed by atoms with E-state index in [0.717, 1.165) is 17.1 Å². The van der Waals surface area contributed by atoms with Gasteiger partial charge in [-0.05, 0) is 86.6 Å². The molecule has 0 aliphatic heterocycles. The smallest absolute Gasteiger partial charge is 0.131 e. The van der Waals surface area contributed by atoms with Crippen molar-refractivity contribution in [3.8, 4) is 11.1 Å². The van der Waals surface area contributed by atoms with Gasteiger partial charge < -0.3 is 4.90 Å². The Labute approximate surface area is 305 Å². The van der Waals surface area contributed by atoms with Gasteiger partial charge in [0.05, 0.1) is 27.8 Å². The van der Waals surface area contributed by atoms with E-state index in [0.29, 0.717) is 0 Å². The first kappa shape index (κ1) is 28.6. The minimum atomic E-state index is 1.11. The molecule has 0 aliphatic rings. The lowest BCUT2D eigenvalue weighted by Crippen LogP contribution is -2.10. The Morgan fingerprint density at radius 1 is 0.340 bits per heavy atom. The number of rotatable bonds is 4. The number of para-hydroxylation sites is 1. The third-order valence-corrected chi connectivity index (χ3v) is 11.4. The highest BCUT2D eigenvalue weighted by Gasteiger charge is 2.24. The number of imidazole rings is 1. The van der Waals surface area contributed by atoms with Crippen molar-refractivity contribution in [3.63, 3.8) is 0 Å². The average Bonchev–Trinajstić information content (AvgIpc) is 3.85. The lowest BCUT2D eigenvalue weighted by Gasteiger charge is -2.27. The quantitative estimate of drug-likeness (QED) is 0.181. The predicted molar refractivity (Wildman–Crippen MR) is 225 cm³/mol. The highest BCUT2D eigenvalue weighted by Crippen LogP contribution is 2.45. The van der Waals surface area contributed by atoms with Crippen LogP contribution >= 0.6 is 0 Å². The monoisotopic (exact) mass is 673 g/mol. The van der Waals surface area contributed by atoms with Crippen molar-refractivity contribution in [1.29, 1.82) is 0 Å². The van der Waals surface area contributed by atoms with Crippen LogP contribution in [0.2, 0.25) is 0 Å². The van der Waals surface area contributed by atoms with Gasteiger partial charge in [-0.15, -0.1) is 0 Å². The van der Waals surface area contributed by atoms with Gasteiger partial charge in [-0.25, -0.2) is 0 Å². The second-order valence-corrected chi connectivity index (χ2v) is 14.2. The van der Waals surface area contributed by atoms with Gasteiger partial charge in [0.15, 0.2) is 0 Å². The minimum Gasteiger partial charge on any atom is -0.310 e. The second-order valence-electron chi connectivity index (χ2n) is 14.2. The van der Waals surface area contributed by atoms with Gasteiger partial charge in [0.2, 0.25) is 0 Å². The first-order valence-corrected chi connectivity index (χ1v) is 18.3. The van der Waals surface area contributed by atoms with Gasteiger partial charge in [0, 0.05) is 32.9 Å². The molecule has 3 heterocycles. The minimum absolute atomic E-state index is 1.11. The number of anilines is 3. The SMILES string of the molecule is c1ccc2cc3c(cc2c1)n1c2ccccc2c2c4ccc(N(c5ccc(-c6cccc7ccccc67)cc5)c5cccc6ccccc56)cc4n3c21. The maximum absolute atomic E-state index is 2.50. The Morgan fingerprint density at radius 2 is 0.887 bits per heavy atom. The van der Waals surface area contributed by atoms with Crippen LogP contribution in [0.5, 0.6) is 0 Å². The van der Waals surface area contributed by atoms with E-state index in [2.05, 4.69) is 202 Å². The summed E-state index contributed by atoms with van der Waals surface area (Å²) in [4.78, 5) is 2.43. The molecule has 0 N–H and O–H groups in total. The van der Waals surface area contributed by atoms with E-state index < -0.39 is 0 Å². The Morgan fingerprint density at radius 3 is 1.64 bits per heavy atom. The van der Waals surface area contributed by atoms with E-state index in [9.17, 15) is 0 Å². The Hall–Kier alpha value is -7.10. The number of nitrogens with zero attached hydrogens (tertiary/aromatic N) is 3. The summed E-state index contributed by atoms with van der Waals surface area (Å²) in [6, 6.07) is 69.0. The molecule has 12 aromatic rings. The topological polar surface area (TPSA) is 12.1 Å². The molecule has 9 aromatic carbocycles. The molecule has 3 heteroatoms. The first-order chi connectivity index (χ1) is 26.3. The van der Waals surface area contributed by atoms with Crippen molar-refractivity contribution in [2.24, 2.45) is 0 Å². The van der Waals surface area contributed by atoms with Crippen molar-refractivity contribution in [3.05, 3.63) is 188 Å². The van der Waals surface area contributed by atoms with Crippen LogP contribution < -0.4 is 4.90 Å². The van der Waals surface area contributed by atoms with Crippen LogP contribution in [0.3, 0.4) is 0 Å². The molecule has 3 aromatic heterocycles. The van der Waals surface area contributed by atoms with E-state index in [-0.39, 0.29) is 0 Å². The number of aromatic nitrogens is 2. The number of hydrogen-bond donors (Lipinski definition) is 0. The highest BCUT2D eigenvalue weighted by molar-refractivity contribution is 6.25. The summed E-state index contributed by atoms with van der Waals surface area (Å²) < 4.78 is 4.97. The molecule has 0 unspecified atom stereocenters. The van der Waals surface area contributed by atoms with Crippen molar-refractivity contribution < 1.29 is 0 Å². The van der Waals surface area contributed by atoms with E-state index in [1.165, 1.54) is 87.3 Å². The molecule has 0 saturated carbocycles. The zero-order valence-electron chi connectivity index (χ0n) is 28.7. The molecular formula is C50H31N3. The molecular weight excluding hydrogens is 643 g/mol. The van der Waals surface area contributed by atoms with E-state index >= 15 is 0 Å². The standard InChI is InChI=1S/C50H31N3/c1-2-14-36-30-48-47(29-35(36)13-1)52-45-21-8-7-19-42(45)49-43-28-27-38(31-46(43)53(48)50(49)52)51(44-22-10-16-33-12-4-6-18-41(33)44)37-25-23-34(24-26-37)40-20-9-15-32-11-3-5-17-39(32)40/h1-31H. The summed E-state index contributed by atoms with van der Waals surface area (Å²) in [5.41, 5.74) is 12.0. The summed E-state index contributed by atoms with van der Waals surface area (Å²) in [5.74, 6) is 0. The summed E-state index contributed by atoms with van der Waals surface area (Å²) in [6.07, 6.45) is 0. The van der Waals surface area contributed by atoms with Gasteiger partial charge >= 0.3 is 0 Å². The third-order valence-electron chi connectivity index (χ3n) is 11.4.